The molecule has 31 heavy (non-hydrogen) atoms. The molecule has 0 aliphatic heterocycles. The lowest BCUT2D eigenvalue weighted by atomic mass is 10.1. The number of hydrogen-bond acceptors (Lipinski definition) is 4. The van der Waals surface area contributed by atoms with Crippen LogP contribution in [0.4, 0.5) is 5.69 Å². The van der Waals surface area contributed by atoms with Gasteiger partial charge in [-0.15, -0.1) is 0 Å². The summed E-state index contributed by atoms with van der Waals surface area (Å²) in [6.07, 6.45) is 0. The number of rotatable bonds is 7. The summed E-state index contributed by atoms with van der Waals surface area (Å²) < 4.78 is 33.3. The van der Waals surface area contributed by atoms with Crippen molar-refractivity contribution in [2.45, 2.75) is 24.8 Å². The Kier molecular flexibility index (Phi) is 6.87. The molecule has 6 nitrogen and oxygen atoms in total. The fraction of sp³-hybridized carbons (Fsp3) is 0.174. The Bertz CT molecular complexity index is 1180. The van der Waals surface area contributed by atoms with Crippen LogP contribution >= 0.6 is 11.6 Å². The highest BCUT2D eigenvalue weighted by atomic mass is 35.5. The predicted octanol–water partition coefficient (Wildman–Crippen LogP) is 4.95. The van der Waals surface area contributed by atoms with Crippen molar-refractivity contribution >= 4 is 33.2 Å². The van der Waals surface area contributed by atoms with Gasteiger partial charge >= 0.3 is 0 Å². The summed E-state index contributed by atoms with van der Waals surface area (Å²) >= 11 is 6.14. The molecule has 0 spiro atoms. The standard InChI is InChI=1S/C23H23ClN2O4S/c1-15-4-9-19(10-5-15)26-31(28,29)22-14-18(8-13-21(22)24)23(27)25-16(2)17-6-11-20(30-3)12-7-17/h4-14,16,26H,1-3H3,(H,25,27)/t16-/m1/s1. The number of carbonyl (C=O) groups is 1. The number of methoxy groups -OCH3 is 1. The fourth-order valence-corrected chi connectivity index (χ4v) is 4.52. The fourth-order valence-electron chi connectivity index (χ4n) is 2.94. The Morgan fingerprint density at radius 1 is 1.00 bits per heavy atom. The van der Waals surface area contributed by atoms with Crippen LogP contribution in [0.1, 0.15) is 34.5 Å². The second kappa shape index (κ2) is 9.41. The van der Waals surface area contributed by atoms with Gasteiger partial charge in [-0.05, 0) is 61.9 Å². The topological polar surface area (TPSA) is 84.5 Å². The van der Waals surface area contributed by atoms with E-state index in [-0.39, 0.29) is 21.5 Å². The van der Waals surface area contributed by atoms with Crippen LogP contribution in [0.25, 0.3) is 0 Å². The van der Waals surface area contributed by atoms with Gasteiger partial charge in [0.1, 0.15) is 10.6 Å². The molecule has 0 radical (unpaired) electrons. The first-order chi connectivity index (χ1) is 14.7. The number of carbonyl (C=O) groups excluding carboxylic acids is 1. The lowest BCUT2D eigenvalue weighted by Crippen LogP contribution is -2.27. The summed E-state index contributed by atoms with van der Waals surface area (Å²) in [6.45, 7) is 3.75. The number of anilines is 1. The van der Waals surface area contributed by atoms with E-state index in [0.717, 1.165) is 16.9 Å². The molecule has 0 saturated heterocycles. The number of sulfonamides is 1. The number of benzene rings is 3. The Morgan fingerprint density at radius 2 is 1.65 bits per heavy atom. The lowest BCUT2D eigenvalue weighted by molar-refractivity contribution is 0.0939. The van der Waals surface area contributed by atoms with Gasteiger partial charge in [0.05, 0.1) is 18.2 Å². The number of ether oxygens (including phenoxy) is 1. The number of hydrogen-bond donors (Lipinski definition) is 2. The van der Waals surface area contributed by atoms with Crippen molar-refractivity contribution in [1.29, 1.82) is 0 Å². The van der Waals surface area contributed by atoms with Gasteiger partial charge in [-0.3, -0.25) is 9.52 Å². The molecule has 3 aromatic carbocycles. The third kappa shape index (κ3) is 5.57. The predicted molar refractivity (Wildman–Crippen MR) is 122 cm³/mol. The minimum atomic E-state index is -3.98. The molecule has 0 fully saturated rings. The molecule has 0 heterocycles. The zero-order valence-electron chi connectivity index (χ0n) is 17.3. The molecule has 0 aliphatic carbocycles. The summed E-state index contributed by atoms with van der Waals surface area (Å²) in [6, 6.07) is 18.1. The number of amides is 1. The maximum Gasteiger partial charge on any atom is 0.263 e. The summed E-state index contributed by atoms with van der Waals surface area (Å²) in [4.78, 5) is 12.6. The lowest BCUT2D eigenvalue weighted by Gasteiger charge is -2.16. The van der Waals surface area contributed by atoms with Crippen molar-refractivity contribution in [3.63, 3.8) is 0 Å². The van der Waals surface area contributed by atoms with Gasteiger partial charge in [-0.1, -0.05) is 41.4 Å². The Morgan fingerprint density at radius 3 is 2.26 bits per heavy atom. The van der Waals surface area contributed by atoms with E-state index in [0.29, 0.717) is 5.69 Å². The molecule has 0 aromatic heterocycles. The maximum atomic E-state index is 12.8. The molecule has 0 bridgehead atoms. The van der Waals surface area contributed by atoms with E-state index in [4.69, 9.17) is 16.3 Å². The van der Waals surface area contributed by atoms with Crippen molar-refractivity contribution in [2.24, 2.45) is 0 Å². The molecule has 0 unspecified atom stereocenters. The molecule has 3 aromatic rings. The van der Waals surface area contributed by atoms with Crippen LogP contribution in [0.15, 0.2) is 71.6 Å². The molecular formula is C23H23ClN2O4S. The van der Waals surface area contributed by atoms with Gasteiger partial charge in [-0.2, -0.15) is 0 Å². The molecule has 1 amide bonds. The monoisotopic (exact) mass is 458 g/mol. The zero-order valence-corrected chi connectivity index (χ0v) is 18.9. The van der Waals surface area contributed by atoms with Gasteiger partial charge in [-0.25, -0.2) is 8.42 Å². The second-order valence-corrected chi connectivity index (χ2v) is 9.14. The molecule has 162 valence electrons. The quantitative estimate of drug-likeness (QED) is 0.524. The van der Waals surface area contributed by atoms with E-state index < -0.39 is 15.9 Å². The van der Waals surface area contributed by atoms with Gasteiger partial charge in [0.15, 0.2) is 0 Å². The van der Waals surface area contributed by atoms with Crippen LogP contribution in [-0.2, 0) is 10.0 Å². The third-order valence-electron chi connectivity index (χ3n) is 4.75. The van der Waals surface area contributed by atoms with Gasteiger partial charge in [0.25, 0.3) is 15.9 Å². The van der Waals surface area contributed by atoms with E-state index in [1.54, 1.807) is 31.4 Å². The van der Waals surface area contributed by atoms with Crippen molar-refractivity contribution in [3.8, 4) is 5.75 Å². The summed E-state index contributed by atoms with van der Waals surface area (Å²) in [5.41, 5.74) is 2.49. The molecule has 3 rings (SSSR count). The number of aryl methyl sites for hydroxylation is 1. The van der Waals surface area contributed by atoms with Crippen LogP contribution in [0.2, 0.25) is 5.02 Å². The first-order valence-electron chi connectivity index (χ1n) is 9.53. The summed E-state index contributed by atoms with van der Waals surface area (Å²) in [5, 5.41) is 2.89. The molecule has 2 N–H and O–H groups in total. The van der Waals surface area contributed by atoms with E-state index >= 15 is 0 Å². The molecule has 0 saturated carbocycles. The van der Waals surface area contributed by atoms with Crippen molar-refractivity contribution in [2.75, 3.05) is 11.8 Å². The normalized spacial score (nSPS) is 12.1. The minimum Gasteiger partial charge on any atom is -0.497 e. The van der Waals surface area contributed by atoms with Crippen LogP contribution in [0, 0.1) is 6.92 Å². The van der Waals surface area contributed by atoms with E-state index in [2.05, 4.69) is 10.0 Å². The highest BCUT2D eigenvalue weighted by Gasteiger charge is 2.21. The van der Waals surface area contributed by atoms with Crippen LogP contribution in [0.5, 0.6) is 5.75 Å². The van der Waals surface area contributed by atoms with E-state index in [1.807, 2.05) is 38.1 Å². The molecule has 0 aliphatic rings. The summed E-state index contributed by atoms with van der Waals surface area (Å²) in [7, 11) is -2.39. The van der Waals surface area contributed by atoms with Crippen LogP contribution in [0.3, 0.4) is 0 Å². The van der Waals surface area contributed by atoms with E-state index in [1.165, 1.54) is 18.2 Å². The molecule has 1 atom stereocenters. The zero-order chi connectivity index (χ0) is 22.6. The highest BCUT2D eigenvalue weighted by Crippen LogP contribution is 2.26. The van der Waals surface area contributed by atoms with Crippen LogP contribution < -0.4 is 14.8 Å². The highest BCUT2D eigenvalue weighted by molar-refractivity contribution is 7.92. The third-order valence-corrected chi connectivity index (χ3v) is 6.61. The largest absolute Gasteiger partial charge is 0.497 e. The average molecular weight is 459 g/mol. The SMILES string of the molecule is COc1ccc([C@@H](C)NC(=O)c2ccc(Cl)c(S(=O)(=O)Nc3ccc(C)cc3)c2)cc1. The first-order valence-corrected chi connectivity index (χ1v) is 11.4. The minimum absolute atomic E-state index is 0.0272. The summed E-state index contributed by atoms with van der Waals surface area (Å²) in [5.74, 6) is 0.308. The number of halogens is 1. The molecule has 8 heteroatoms. The Labute approximate surface area is 187 Å². The Balaban J connectivity index is 1.80. The van der Waals surface area contributed by atoms with Crippen molar-refractivity contribution < 1.29 is 17.9 Å². The second-order valence-electron chi connectivity index (χ2n) is 7.09. The molecular weight excluding hydrogens is 436 g/mol. The first kappa shape index (κ1) is 22.7. The smallest absolute Gasteiger partial charge is 0.263 e. The average Bonchev–Trinajstić information content (AvgIpc) is 2.75. The van der Waals surface area contributed by atoms with Gasteiger partial charge in [0, 0.05) is 11.3 Å². The Hall–Kier alpha value is -3.03. The van der Waals surface area contributed by atoms with E-state index in [9.17, 15) is 13.2 Å². The van der Waals surface area contributed by atoms with Crippen LogP contribution in [-0.4, -0.2) is 21.4 Å². The maximum absolute atomic E-state index is 12.8. The van der Waals surface area contributed by atoms with Crippen molar-refractivity contribution in [3.05, 3.63) is 88.4 Å². The van der Waals surface area contributed by atoms with Crippen molar-refractivity contribution in [1.82, 2.24) is 5.32 Å². The van der Waals surface area contributed by atoms with Gasteiger partial charge < -0.3 is 10.1 Å². The van der Waals surface area contributed by atoms with Gasteiger partial charge in [0.2, 0.25) is 0 Å². The number of nitrogens with one attached hydrogen (secondary N) is 2.